The van der Waals surface area contributed by atoms with Gasteiger partial charge in [-0.3, -0.25) is 9.69 Å². The van der Waals surface area contributed by atoms with Gasteiger partial charge in [-0.05, 0) is 102 Å². The Hall–Kier alpha value is -4.24. The molecule has 0 bridgehead atoms. The Bertz CT molecular complexity index is 1680. The number of aromatic nitrogens is 5. The molecule has 9 heteroatoms. The van der Waals surface area contributed by atoms with Gasteiger partial charge in [0.05, 0.1) is 6.26 Å². The summed E-state index contributed by atoms with van der Waals surface area (Å²) in [6.45, 7) is 12.0. The van der Waals surface area contributed by atoms with Gasteiger partial charge in [-0.1, -0.05) is 12.1 Å². The first-order chi connectivity index (χ1) is 18.9. The van der Waals surface area contributed by atoms with Crippen LogP contribution < -0.4 is 10.5 Å². The standard InChI is InChI=1S/C30H33N7O2/c1-19-7-8-20(2)27(14-19)35-9-11-36(12-10-35)28(29-32-33-34-37(29)18-24-6-5-13-39-24)25-17-23-15-21(3)22(4)16-26(23)31-30(25)38/h5-8,13-17,28H,9-12,18H2,1-4H3,(H,31,38)/t28-/m1/s1. The largest absolute Gasteiger partial charge is 0.467 e. The number of aryl methyl sites for hydroxylation is 4. The molecule has 0 radical (unpaired) electrons. The molecular weight excluding hydrogens is 490 g/mol. The van der Waals surface area contributed by atoms with Gasteiger partial charge >= 0.3 is 0 Å². The monoisotopic (exact) mass is 523 g/mol. The molecule has 200 valence electrons. The summed E-state index contributed by atoms with van der Waals surface area (Å²) in [5.41, 5.74) is 7.46. The van der Waals surface area contributed by atoms with Gasteiger partial charge in [-0.2, -0.15) is 0 Å². The minimum absolute atomic E-state index is 0.125. The molecule has 2 aromatic carbocycles. The highest BCUT2D eigenvalue weighted by atomic mass is 16.3. The topological polar surface area (TPSA) is 96.1 Å². The summed E-state index contributed by atoms with van der Waals surface area (Å²) in [5.74, 6) is 1.38. The minimum atomic E-state index is -0.412. The molecule has 9 nitrogen and oxygen atoms in total. The van der Waals surface area contributed by atoms with Crippen LogP contribution in [0.2, 0.25) is 0 Å². The lowest BCUT2D eigenvalue weighted by Crippen LogP contribution is -2.49. The molecular formula is C30H33N7O2. The summed E-state index contributed by atoms with van der Waals surface area (Å²) in [4.78, 5) is 21.5. The maximum atomic E-state index is 13.6. The Morgan fingerprint density at radius 2 is 1.74 bits per heavy atom. The normalized spacial score (nSPS) is 15.2. The van der Waals surface area contributed by atoms with E-state index in [4.69, 9.17) is 4.42 Å². The van der Waals surface area contributed by atoms with Crippen LogP contribution in [-0.2, 0) is 6.54 Å². The fourth-order valence-electron chi connectivity index (χ4n) is 5.55. The van der Waals surface area contributed by atoms with Crippen molar-refractivity contribution in [3.05, 3.63) is 105 Å². The third-order valence-electron chi connectivity index (χ3n) is 7.86. The SMILES string of the molecule is Cc1ccc(C)c(N2CCN([C@H](c3cc4cc(C)c(C)cc4[nH]c3=O)c3nnnn3Cc3ccco3)CC2)c1. The summed E-state index contributed by atoms with van der Waals surface area (Å²) in [7, 11) is 0. The average Bonchev–Trinajstić information content (AvgIpc) is 3.61. The van der Waals surface area contributed by atoms with E-state index in [1.165, 1.54) is 22.4 Å². The fourth-order valence-corrected chi connectivity index (χ4v) is 5.55. The Morgan fingerprint density at radius 1 is 0.949 bits per heavy atom. The first-order valence-corrected chi connectivity index (χ1v) is 13.4. The number of nitrogens with one attached hydrogen (secondary N) is 1. The zero-order valence-electron chi connectivity index (χ0n) is 22.8. The Balaban J connectivity index is 1.40. The number of aromatic amines is 1. The smallest absolute Gasteiger partial charge is 0.253 e. The van der Waals surface area contributed by atoms with Crippen molar-refractivity contribution >= 4 is 16.6 Å². The summed E-state index contributed by atoms with van der Waals surface area (Å²) in [5, 5.41) is 13.8. The van der Waals surface area contributed by atoms with Gasteiger partial charge < -0.3 is 14.3 Å². The molecule has 3 aromatic heterocycles. The Morgan fingerprint density at radius 3 is 2.51 bits per heavy atom. The van der Waals surface area contributed by atoms with Gasteiger partial charge in [0, 0.05) is 42.9 Å². The molecule has 0 aliphatic carbocycles. The van der Waals surface area contributed by atoms with E-state index < -0.39 is 6.04 Å². The molecule has 0 saturated carbocycles. The molecule has 1 aliphatic rings. The molecule has 5 aromatic rings. The van der Waals surface area contributed by atoms with E-state index in [2.05, 4.69) is 82.3 Å². The van der Waals surface area contributed by atoms with Crippen molar-refractivity contribution in [2.45, 2.75) is 40.3 Å². The molecule has 0 spiro atoms. The minimum Gasteiger partial charge on any atom is -0.467 e. The van der Waals surface area contributed by atoms with Crippen molar-refractivity contribution in [2.75, 3.05) is 31.1 Å². The van der Waals surface area contributed by atoms with Crippen LogP contribution in [0.1, 0.15) is 45.4 Å². The van der Waals surface area contributed by atoms with Gasteiger partial charge in [0.25, 0.3) is 5.56 Å². The van der Waals surface area contributed by atoms with E-state index in [-0.39, 0.29) is 5.56 Å². The van der Waals surface area contributed by atoms with Crippen LogP contribution in [0.3, 0.4) is 0 Å². The number of tetrazole rings is 1. The fraction of sp³-hybridized carbons (Fsp3) is 0.333. The lowest BCUT2D eigenvalue weighted by atomic mass is 10.00. The van der Waals surface area contributed by atoms with Gasteiger partial charge in [0.15, 0.2) is 5.82 Å². The van der Waals surface area contributed by atoms with E-state index in [9.17, 15) is 4.79 Å². The van der Waals surface area contributed by atoms with E-state index in [0.717, 1.165) is 48.4 Å². The molecule has 1 saturated heterocycles. The van der Waals surface area contributed by atoms with Crippen molar-refractivity contribution in [1.82, 2.24) is 30.1 Å². The van der Waals surface area contributed by atoms with Crippen molar-refractivity contribution in [1.29, 1.82) is 0 Å². The molecule has 6 rings (SSSR count). The van der Waals surface area contributed by atoms with Crippen molar-refractivity contribution in [2.24, 2.45) is 0 Å². The number of piperazine rings is 1. The van der Waals surface area contributed by atoms with E-state index in [0.29, 0.717) is 17.9 Å². The maximum absolute atomic E-state index is 13.6. The molecule has 39 heavy (non-hydrogen) atoms. The molecule has 1 atom stereocenters. The Labute approximate surface area is 227 Å². The number of hydrogen-bond donors (Lipinski definition) is 1. The van der Waals surface area contributed by atoms with Crippen LogP contribution in [0, 0.1) is 27.7 Å². The third kappa shape index (κ3) is 4.85. The molecule has 1 N–H and O–H groups in total. The second kappa shape index (κ2) is 10.1. The molecule has 0 unspecified atom stereocenters. The Kier molecular flexibility index (Phi) is 6.52. The third-order valence-corrected chi connectivity index (χ3v) is 7.86. The highest BCUT2D eigenvalue weighted by Crippen LogP contribution is 2.30. The number of nitrogens with zero attached hydrogens (tertiary/aromatic N) is 6. The number of benzene rings is 2. The predicted octanol–water partition coefficient (Wildman–Crippen LogP) is 4.30. The zero-order chi connectivity index (χ0) is 27.1. The second-order valence-electron chi connectivity index (χ2n) is 10.6. The van der Waals surface area contributed by atoms with Gasteiger partial charge in [-0.25, -0.2) is 4.68 Å². The number of fused-ring (bicyclic) bond motifs is 1. The number of rotatable bonds is 6. The van der Waals surface area contributed by atoms with Crippen LogP contribution >= 0.6 is 0 Å². The van der Waals surface area contributed by atoms with Gasteiger partial charge in [0.2, 0.25) is 0 Å². The predicted molar refractivity (Wildman–Crippen MR) is 151 cm³/mol. The highest BCUT2D eigenvalue weighted by Gasteiger charge is 2.33. The number of anilines is 1. The summed E-state index contributed by atoms with van der Waals surface area (Å²) >= 11 is 0. The zero-order valence-corrected chi connectivity index (χ0v) is 22.8. The highest BCUT2D eigenvalue weighted by molar-refractivity contribution is 5.81. The lowest BCUT2D eigenvalue weighted by Gasteiger charge is -2.40. The quantitative estimate of drug-likeness (QED) is 0.354. The van der Waals surface area contributed by atoms with Crippen LogP contribution in [0.4, 0.5) is 5.69 Å². The van der Waals surface area contributed by atoms with Crippen LogP contribution in [0.5, 0.6) is 0 Å². The van der Waals surface area contributed by atoms with Crippen LogP contribution in [0.25, 0.3) is 10.9 Å². The molecule has 1 aliphatic heterocycles. The average molecular weight is 524 g/mol. The molecule has 1 fully saturated rings. The van der Waals surface area contributed by atoms with Crippen LogP contribution in [0.15, 0.2) is 64.0 Å². The van der Waals surface area contributed by atoms with Crippen molar-refractivity contribution < 1.29 is 4.42 Å². The van der Waals surface area contributed by atoms with Crippen LogP contribution in [-0.4, -0.2) is 56.3 Å². The second-order valence-corrected chi connectivity index (χ2v) is 10.6. The van der Waals surface area contributed by atoms with Crippen molar-refractivity contribution in [3.63, 3.8) is 0 Å². The first-order valence-electron chi connectivity index (χ1n) is 13.4. The van der Waals surface area contributed by atoms with Crippen molar-refractivity contribution in [3.8, 4) is 0 Å². The summed E-state index contributed by atoms with van der Waals surface area (Å²) in [6, 6.07) is 16.1. The summed E-state index contributed by atoms with van der Waals surface area (Å²) in [6.07, 6.45) is 1.64. The summed E-state index contributed by atoms with van der Waals surface area (Å²) < 4.78 is 7.32. The maximum Gasteiger partial charge on any atom is 0.253 e. The lowest BCUT2D eigenvalue weighted by molar-refractivity contribution is 0.200. The number of hydrogen-bond acceptors (Lipinski definition) is 7. The number of furan rings is 1. The van der Waals surface area contributed by atoms with Gasteiger partial charge in [-0.15, -0.1) is 5.10 Å². The van der Waals surface area contributed by atoms with E-state index in [1.807, 2.05) is 24.3 Å². The number of pyridine rings is 1. The van der Waals surface area contributed by atoms with Gasteiger partial charge in [0.1, 0.15) is 18.3 Å². The molecule has 4 heterocycles. The van der Waals surface area contributed by atoms with E-state index in [1.54, 1.807) is 10.9 Å². The van der Waals surface area contributed by atoms with E-state index >= 15 is 0 Å². The molecule has 0 amide bonds. The first kappa shape index (κ1) is 25.1. The number of H-pyrrole nitrogens is 1.